The molecule has 3 atom stereocenters. The number of para-hydroxylation sites is 1. The van der Waals surface area contributed by atoms with Crippen LogP contribution in [0.3, 0.4) is 0 Å². The molecule has 3 heterocycles. The van der Waals surface area contributed by atoms with Gasteiger partial charge in [-0.15, -0.1) is 22.7 Å². The summed E-state index contributed by atoms with van der Waals surface area (Å²) < 4.78 is 6.73. The summed E-state index contributed by atoms with van der Waals surface area (Å²) >= 11 is 3.48. The van der Waals surface area contributed by atoms with Crippen molar-refractivity contribution in [1.82, 2.24) is 15.2 Å². The van der Waals surface area contributed by atoms with E-state index in [4.69, 9.17) is 9.72 Å². The highest BCUT2D eigenvalue weighted by Gasteiger charge is 2.33. The zero-order valence-electron chi connectivity index (χ0n) is 17.4. The average molecular weight is 454 g/mol. The van der Waals surface area contributed by atoms with Gasteiger partial charge < -0.3 is 10.1 Å². The summed E-state index contributed by atoms with van der Waals surface area (Å²) in [6, 6.07) is 12.7. The molecule has 3 unspecified atom stereocenters. The summed E-state index contributed by atoms with van der Waals surface area (Å²) in [5.41, 5.74) is 1.03. The molecule has 1 aromatic carbocycles. The number of nitrogens with zero attached hydrogens (tertiary/aromatic N) is 2. The van der Waals surface area contributed by atoms with Crippen LogP contribution in [0, 0.1) is 5.92 Å². The predicted octanol–water partition coefficient (Wildman–Crippen LogP) is 4.60. The molecular formula is C24H27N3O2S2. The number of hydrogen-bond donors (Lipinski definition) is 1. The van der Waals surface area contributed by atoms with Gasteiger partial charge in [-0.3, -0.25) is 9.69 Å². The van der Waals surface area contributed by atoms with Gasteiger partial charge in [0.1, 0.15) is 0 Å². The van der Waals surface area contributed by atoms with E-state index in [1.807, 2.05) is 12.1 Å². The van der Waals surface area contributed by atoms with E-state index in [1.165, 1.54) is 9.58 Å². The predicted molar refractivity (Wildman–Crippen MR) is 127 cm³/mol. The minimum absolute atomic E-state index is 0.0702. The second kappa shape index (κ2) is 9.61. The molecule has 0 spiro atoms. The number of carbonyl (C=O) groups excluding carboxylic acids is 1. The number of ether oxygens (including phenoxy) is 1. The number of carbonyl (C=O) groups is 1. The van der Waals surface area contributed by atoms with Crippen LogP contribution in [0.2, 0.25) is 0 Å². The molecule has 0 radical (unpaired) electrons. The number of fused-ring (bicyclic) bond motifs is 1. The topological polar surface area (TPSA) is 54.5 Å². The summed E-state index contributed by atoms with van der Waals surface area (Å²) in [6.45, 7) is 3.94. The Morgan fingerprint density at radius 1 is 1.16 bits per heavy atom. The molecule has 1 amide bonds. The van der Waals surface area contributed by atoms with Crippen molar-refractivity contribution in [3.05, 3.63) is 63.8 Å². The van der Waals surface area contributed by atoms with Crippen LogP contribution in [-0.4, -0.2) is 48.6 Å². The Morgan fingerprint density at radius 3 is 2.81 bits per heavy atom. The monoisotopic (exact) mass is 453 g/mol. The van der Waals surface area contributed by atoms with E-state index in [-0.39, 0.29) is 23.8 Å². The fourth-order valence-electron chi connectivity index (χ4n) is 4.53. The largest absolute Gasteiger partial charge is 0.379 e. The highest BCUT2D eigenvalue weighted by molar-refractivity contribution is 7.18. The maximum atomic E-state index is 13.3. The number of aromatic nitrogens is 1. The van der Waals surface area contributed by atoms with Gasteiger partial charge >= 0.3 is 0 Å². The van der Waals surface area contributed by atoms with Gasteiger partial charge in [0.15, 0.2) is 0 Å². The van der Waals surface area contributed by atoms with Gasteiger partial charge in [0.2, 0.25) is 5.91 Å². The van der Waals surface area contributed by atoms with Crippen LogP contribution < -0.4 is 5.32 Å². The minimum Gasteiger partial charge on any atom is -0.379 e. The molecule has 1 aliphatic heterocycles. The number of nitrogens with one attached hydrogen (secondary N) is 1. The third-order valence-electron chi connectivity index (χ3n) is 6.22. The van der Waals surface area contributed by atoms with Crippen LogP contribution in [0.15, 0.2) is 53.9 Å². The van der Waals surface area contributed by atoms with E-state index in [0.29, 0.717) is 6.54 Å². The Balaban J connectivity index is 1.31. The number of rotatable bonds is 6. The summed E-state index contributed by atoms with van der Waals surface area (Å²) in [6.07, 6.45) is 5.98. The molecule has 5 nitrogen and oxygen atoms in total. The van der Waals surface area contributed by atoms with Crippen molar-refractivity contribution in [1.29, 1.82) is 0 Å². The Hall–Kier alpha value is -2.06. The van der Waals surface area contributed by atoms with Crippen LogP contribution in [-0.2, 0) is 9.53 Å². The van der Waals surface area contributed by atoms with Crippen molar-refractivity contribution >= 4 is 38.8 Å². The SMILES string of the molecule is O=C(NCC(c1cccs1)N1CCOCC1)C1CC=CCC1c1nc2ccccc2s1. The van der Waals surface area contributed by atoms with Crippen LogP contribution in [0.1, 0.15) is 34.7 Å². The van der Waals surface area contributed by atoms with Gasteiger partial charge in [-0.2, -0.15) is 0 Å². The van der Waals surface area contributed by atoms with E-state index in [0.717, 1.165) is 49.7 Å². The zero-order valence-corrected chi connectivity index (χ0v) is 19.0. The minimum atomic E-state index is -0.0702. The summed E-state index contributed by atoms with van der Waals surface area (Å²) in [5, 5.41) is 6.49. The molecule has 0 saturated carbocycles. The molecule has 2 aliphatic rings. The van der Waals surface area contributed by atoms with Crippen LogP contribution in [0.4, 0.5) is 0 Å². The second-order valence-corrected chi connectivity index (χ2v) is 10.1. The van der Waals surface area contributed by atoms with Gasteiger partial charge in [-0.1, -0.05) is 30.4 Å². The average Bonchev–Trinajstić information content (AvgIpc) is 3.50. The maximum Gasteiger partial charge on any atom is 0.224 e. The Bertz CT molecular complexity index is 1010. The van der Waals surface area contributed by atoms with E-state index >= 15 is 0 Å². The molecule has 5 rings (SSSR count). The number of thiophene rings is 1. The lowest BCUT2D eigenvalue weighted by Crippen LogP contribution is -2.45. The number of allylic oxidation sites excluding steroid dienone is 2. The molecule has 0 bridgehead atoms. The molecule has 3 aromatic rings. The lowest BCUT2D eigenvalue weighted by atomic mass is 9.82. The van der Waals surface area contributed by atoms with Crippen molar-refractivity contribution in [3.63, 3.8) is 0 Å². The normalized spacial score (nSPS) is 23.1. The van der Waals surface area contributed by atoms with Gasteiger partial charge in [0.05, 0.1) is 40.4 Å². The number of thiazole rings is 1. The summed E-state index contributed by atoms with van der Waals surface area (Å²) in [7, 11) is 0. The van der Waals surface area contributed by atoms with E-state index in [9.17, 15) is 4.79 Å². The lowest BCUT2D eigenvalue weighted by Gasteiger charge is -2.34. The van der Waals surface area contributed by atoms with Gasteiger partial charge in [0, 0.05) is 30.4 Å². The summed E-state index contributed by atoms with van der Waals surface area (Å²) in [5.74, 6) is 0.216. The first kappa shape index (κ1) is 20.8. The fourth-order valence-corrected chi connectivity index (χ4v) is 6.54. The molecule has 2 aromatic heterocycles. The highest BCUT2D eigenvalue weighted by atomic mass is 32.1. The first-order chi connectivity index (χ1) is 15.3. The zero-order chi connectivity index (χ0) is 21.0. The van der Waals surface area contributed by atoms with Crippen molar-refractivity contribution in [2.24, 2.45) is 5.92 Å². The molecule has 31 heavy (non-hydrogen) atoms. The molecule has 1 aliphatic carbocycles. The third-order valence-corrected chi connectivity index (χ3v) is 8.37. The van der Waals surface area contributed by atoms with E-state index < -0.39 is 0 Å². The number of hydrogen-bond acceptors (Lipinski definition) is 6. The smallest absolute Gasteiger partial charge is 0.224 e. The van der Waals surface area contributed by atoms with Crippen molar-refractivity contribution in [2.75, 3.05) is 32.8 Å². The molecule has 1 N–H and O–H groups in total. The quantitative estimate of drug-likeness (QED) is 0.555. The van der Waals surface area contributed by atoms with E-state index in [2.05, 4.69) is 52.0 Å². The van der Waals surface area contributed by atoms with Crippen LogP contribution in [0.25, 0.3) is 10.2 Å². The van der Waals surface area contributed by atoms with Crippen molar-refractivity contribution in [3.8, 4) is 0 Å². The Morgan fingerprint density at radius 2 is 2.00 bits per heavy atom. The fraction of sp³-hybridized carbons (Fsp3) is 0.417. The lowest BCUT2D eigenvalue weighted by molar-refractivity contribution is -0.126. The number of amides is 1. The van der Waals surface area contributed by atoms with Gasteiger partial charge in [-0.05, 0) is 36.4 Å². The van der Waals surface area contributed by atoms with Crippen LogP contribution in [0.5, 0.6) is 0 Å². The van der Waals surface area contributed by atoms with Crippen molar-refractivity contribution in [2.45, 2.75) is 24.8 Å². The third kappa shape index (κ3) is 4.60. The molecule has 1 fully saturated rings. The molecule has 162 valence electrons. The van der Waals surface area contributed by atoms with Gasteiger partial charge in [0.25, 0.3) is 0 Å². The molecule has 7 heteroatoms. The first-order valence-electron chi connectivity index (χ1n) is 10.9. The Labute approximate surface area is 190 Å². The Kier molecular flexibility index (Phi) is 6.45. The van der Waals surface area contributed by atoms with E-state index in [1.54, 1.807) is 22.7 Å². The summed E-state index contributed by atoms with van der Waals surface area (Å²) in [4.78, 5) is 21.9. The second-order valence-electron chi connectivity index (χ2n) is 8.10. The molecular weight excluding hydrogens is 426 g/mol. The number of morpholine rings is 1. The number of benzene rings is 1. The van der Waals surface area contributed by atoms with Crippen molar-refractivity contribution < 1.29 is 9.53 Å². The maximum absolute atomic E-state index is 13.3. The first-order valence-corrected chi connectivity index (χ1v) is 12.6. The highest BCUT2D eigenvalue weighted by Crippen LogP contribution is 2.38. The standard InChI is InChI=1S/C24H27N3O2S2/c28-23(25-16-20(22-10-5-15-30-22)27-11-13-29-14-12-27)17-6-1-2-7-18(17)24-26-19-8-3-4-9-21(19)31-24/h1-5,8-10,15,17-18,20H,6-7,11-14,16H2,(H,25,28). The molecule has 1 saturated heterocycles. The van der Waals surface area contributed by atoms with Crippen LogP contribution >= 0.6 is 22.7 Å². The van der Waals surface area contributed by atoms with Gasteiger partial charge in [-0.25, -0.2) is 4.98 Å².